The van der Waals surface area contributed by atoms with Crippen LogP contribution in [-0.4, -0.2) is 29.6 Å². The number of thioether (sulfide) groups is 1. The molecule has 0 unspecified atom stereocenters. The molecular weight excluding hydrogens is 244 g/mol. The molecule has 0 aromatic heterocycles. The van der Waals surface area contributed by atoms with Gasteiger partial charge in [0.15, 0.2) is 0 Å². The van der Waals surface area contributed by atoms with Gasteiger partial charge in [-0.05, 0) is 37.8 Å². The van der Waals surface area contributed by atoms with Gasteiger partial charge in [0.05, 0.1) is 5.75 Å². The molecule has 2 rings (SSSR count). The summed E-state index contributed by atoms with van der Waals surface area (Å²) in [6.45, 7) is 3.83. The first-order chi connectivity index (χ1) is 8.68. The minimum absolute atomic E-state index is 0.237. The molecule has 0 saturated carbocycles. The molecule has 0 radical (unpaired) electrons. The van der Waals surface area contributed by atoms with Crippen molar-refractivity contribution in [2.24, 2.45) is 0 Å². The Kier molecular flexibility index (Phi) is 4.53. The van der Waals surface area contributed by atoms with Crippen molar-refractivity contribution in [1.82, 2.24) is 4.90 Å². The third-order valence-corrected chi connectivity index (χ3v) is 4.40. The second kappa shape index (κ2) is 6.14. The van der Waals surface area contributed by atoms with Crippen molar-refractivity contribution in [1.29, 1.82) is 0 Å². The Bertz CT molecular complexity index is 428. The molecule has 1 aromatic carbocycles. The van der Waals surface area contributed by atoms with Gasteiger partial charge in [0.25, 0.3) is 0 Å². The molecule has 1 aliphatic heterocycles. The van der Waals surface area contributed by atoms with Crippen molar-refractivity contribution in [2.75, 3.05) is 24.6 Å². The molecule has 0 atom stereocenters. The van der Waals surface area contributed by atoms with E-state index in [1.54, 1.807) is 11.8 Å². The first-order valence-corrected chi connectivity index (χ1v) is 7.42. The number of nitrogens with two attached hydrogens (primary N) is 1. The normalized spacial score (nSPS) is 15.7. The number of benzene rings is 1. The van der Waals surface area contributed by atoms with Crippen LogP contribution in [0.25, 0.3) is 0 Å². The van der Waals surface area contributed by atoms with E-state index in [1.165, 1.54) is 6.42 Å². The lowest BCUT2D eigenvalue weighted by atomic mass is 10.1. The SMILES string of the molecule is Cc1cccc(SCC(=O)N2CCCCC2)c1N. The number of rotatable bonds is 3. The lowest BCUT2D eigenvalue weighted by molar-refractivity contribution is -0.129. The minimum Gasteiger partial charge on any atom is -0.398 e. The second-order valence-corrected chi connectivity index (χ2v) is 5.73. The molecule has 3 nitrogen and oxygen atoms in total. The third kappa shape index (κ3) is 3.19. The van der Waals surface area contributed by atoms with E-state index in [9.17, 15) is 4.79 Å². The topological polar surface area (TPSA) is 46.3 Å². The quantitative estimate of drug-likeness (QED) is 0.674. The van der Waals surface area contributed by atoms with E-state index >= 15 is 0 Å². The molecule has 1 saturated heterocycles. The van der Waals surface area contributed by atoms with Crippen molar-refractivity contribution >= 4 is 23.4 Å². The number of carbonyl (C=O) groups excluding carboxylic acids is 1. The molecule has 98 valence electrons. The zero-order chi connectivity index (χ0) is 13.0. The molecule has 1 amide bonds. The van der Waals surface area contributed by atoms with Gasteiger partial charge in [0.1, 0.15) is 0 Å². The highest BCUT2D eigenvalue weighted by Gasteiger charge is 2.16. The Labute approximate surface area is 113 Å². The average molecular weight is 264 g/mol. The molecular formula is C14H20N2OS. The van der Waals surface area contributed by atoms with Gasteiger partial charge in [0.2, 0.25) is 5.91 Å². The molecule has 0 bridgehead atoms. The largest absolute Gasteiger partial charge is 0.398 e. The summed E-state index contributed by atoms with van der Waals surface area (Å²) in [6.07, 6.45) is 3.54. The van der Waals surface area contributed by atoms with Crippen LogP contribution in [0.2, 0.25) is 0 Å². The molecule has 0 spiro atoms. The molecule has 1 aromatic rings. The van der Waals surface area contributed by atoms with Gasteiger partial charge < -0.3 is 10.6 Å². The van der Waals surface area contributed by atoms with Crippen LogP contribution < -0.4 is 5.73 Å². The smallest absolute Gasteiger partial charge is 0.232 e. The van der Waals surface area contributed by atoms with Crippen LogP contribution in [0.1, 0.15) is 24.8 Å². The Balaban J connectivity index is 1.90. The van der Waals surface area contributed by atoms with Crippen LogP contribution in [0.15, 0.2) is 23.1 Å². The fraction of sp³-hybridized carbons (Fsp3) is 0.500. The maximum atomic E-state index is 12.0. The number of hydrogen-bond acceptors (Lipinski definition) is 3. The predicted octanol–water partition coefficient (Wildman–Crippen LogP) is 2.68. The average Bonchev–Trinajstić information content (AvgIpc) is 2.41. The van der Waals surface area contributed by atoms with Crippen LogP contribution in [0.4, 0.5) is 5.69 Å². The van der Waals surface area contributed by atoms with E-state index in [-0.39, 0.29) is 5.91 Å². The fourth-order valence-electron chi connectivity index (χ4n) is 2.15. The van der Waals surface area contributed by atoms with Gasteiger partial charge >= 0.3 is 0 Å². The molecule has 1 heterocycles. The number of nitrogen functional groups attached to an aromatic ring is 1. The van der Waals surface area contributed by atoms with E-state index in [0.717, 1.165) is 42.1 Å². The highest BCUT2D eigenvalue weighted by molar-refractivity contribution is 8.00. The van der Waals surface area contributed by atoms with Crippen molar-refractivity contribution in [3.8, 4) is 0 Å². The maximum Gasteiger partial charge on any atom is 0.232 e. The second-order valence-electron chi connectivity index (χ2n) is 4.72. The van der Waals surface area contributed by atoms with Gasteiger partial charge in [-0.1, -0.05) is 12.1 Å². The monoisotopic (exact) mass is 264 g/mol. The molecule has 0 aliphatic carbocycles. The minimum atomic E-state index is 0.237. The van der Waals surface area contributed by atoms with Crippen molar-refractivity contribution < 1.29 is 4.79 Å². The van der Waals surface area contributed by atoms with Gasteiger partial charge in [0, 0.05) is 23.7 Å². The number of carbonyl (C=O) groups is 1. The lowest BCUT2D eigenvalue weighted by Crippen LogP contribution is -2.36. The molecule has 1 aliphatic rings. The number of para-hydroxylation sites is 1. The summed E-state index contributed by atoms with van der Waals surface area (Å²) in [5.41, 5.74) is 7.88. The number of aryl methyl sites for hydroxylation is 1. The summed E-state index contributed by atoms with van der Waals surface area (Å²) < 4.78 is 0. The van der Waals surface area contributed by atoms with Crippen molar-refractivity contribution in [3.63, 3.8) is 0 Å². The summed E-state index contributed by atoms with van der Waals surface area (Å²) in [7, 11) is 0. The number of anilines is 1. The Hall–Kier alpha value is -1.16. The highest BCUT2D eigenvalue weighted by Crippen LogP contribution is 2.27. The van der Waals surface area contributed by atoms with Crippen LogP contribution in [0, 0.1) is 6.92 Å². The number of hydrogen-bond donors (Lipinski definition) is 1. The number of piperidine rings is 1. The van der Waals surface area contributed by atoms with E-state index in [2.05, 4.69) is 0 Å². The van der Waals surface area contributed by atoms with Gasteiger partial charge in [-0.3, -0.25) is 4.79 Å². The van der Waals surface area contributed by atoms with Crippen molar-refractivity contribution in [2.45, 2.75) is 31.1 Å². The summed E-state index contributed by atoms with van der Waals surface area (Å²) >= 11 is 1.55. The molecule has 1 fully saturated rings. The Morgan fingerprint density at radius 2 is 2.06 bits per heavy atom. The van der Waals surface area contributed by atoms with Gasteiger partial charge in [-0.25, -0.2) is 0 Å². The van der Waals surface area contributed by atoms with Crippen LogP contribution in [0.3, 0.4) is 0 Å². The third-order valence-electron chi connectivity index (χ3n) is 3.34. The first kappa shape index (κ1) is 13.3. The molecule has 2 N–H and O–H groups in total. The summed E-state index contributed by atoms with van der Waals surface area (Å²) in [6, 6.07) is 5.96. The summed E-state index contributed by atoms with van der Waals surface area (Å²) in [5.74, 6) is 0.730. The number of amides is 1. The van der Waals surface area contributed by atoms with E-state index in [0.29, 0.717) is 5.75 Å². The first-order valence-electron chi connectivity index (χ1n) is 6.44. The predicted molar refractivity (Wildman–Crippen MR) is 76.7 cm³/mol. The summed E-state index contributed by atoms with van der Waals surface area (Å²) in [5, 5.41) is 0. The van der Waals surface area contributed by atoms with Crippen LogP contribution in [0.5, 0.6) is 0 Å². The van der Waals surface area contributed by atoms with Crippen LogP contribution >= 0.6 is 11.8 Å². The molecule has 18 heavy (non-hydrogen) atoms. The lowest BCUT2D eigenvalue weighted by Gasteiger charge is -2.26. The fourth-order valence-corrected chi connectivity index (χ4v) is 3.11. The van der Waals surface area contributed by atoms with E-state index in [1.807, 2.05) is 30.0 Å². The zero-order valence-electron chi connectivity index (χ0n) is 10.8. The maximum absolute atomic E-state index is 12.0. The zero-order valence-corrected chi connectivity index (χ0v) is 11.6. The Morgan fingerprint density at radius 3 is 2.78 bits per heavy atom. The Morgan fingerprint density at radius 1 is 1.33 bits per heavy atom. The van der Waals surface area contributed by atoms with E-state index in [4.69, 9.17) is 5.73 Å². The van der Waals surface area contributed by atoms with E-state index < -0.39 is 0 Å². The highest BCUT2D eigenvalue weighted by atomic mass is 32.2. The van der Waals surface area contributed by atoms with Gasteiger partial charge in [-0.2, -0.15) is 0 Å². The number of nitrogens with zero attached hydrogens (tertiary/aromatic N) is 1. The standard InChI is InChI=1S/C14H20N2OS/c1-11-6-5-7-12(14(11)15)18-10-13(17)16-8-3-2-4-9-16/h5-7H,2-4,8-10,15H2,1H3. The van der Waals surface area contributed by atoms with Gasteiger partial charge in [-0.15, -0.1) is 11.8 Å². The van der Waals surface area contributed by atoms with Crippen LogP contribution in [-0.2, 0) is 4.79 Å². The summed E-state index contributed by atoms with van der Waals surface area (Å²) in [4.78, 5) is 15.0. The van der Waals surface area contributed by atoms with Crippen molar-refractivity contribution in [3.05, 3.63) is 23.8 Å². The molecule has 4 heteroatoms. The number of likely N-dealkylation sites (tertiary alicyclic amines) is 1.